The molecule has 7 heteroatoms. The second kappa shape index (κ2) is 9.70. The molecule has 0 aromatic heterocycles. The van der Waals surface area contributed by atoms with Crippen molar-refractivity contribution in [3.63, 3.8) is 0 Å². The van der Waals surface area contributed by atoms with Crippen LogP contribution in [0.2, 0.25) is 0 Å². The van der Waals surface area contributed by atoms with Crippen molar-refractivity contribution in [2.24, 2.45) is 5.92 Å². The Kier molecular flexibility index (Phi) is 7.60. The van der Waals surface area contributed by atoms with Crippen molar-refractivity contribution in [2.45, 2.75) is 19.4 Å². The first kappa shape index (κ1) is 21.2. The van der Waals surface area contributed by atoms with E-state index >= 15 is 0 Å². The average molecular weight is 390 g/mol. The number of aliphatic hydroxyl groups is 1. The molecule has 0 aliphatic heterocycles. The molecule has 146 valence electrons. The van der Waals surface area contributed by atoms with Gasteiger partial charge in [-0.2, -0.15) is 0 Å². The zero-order valence-corrected chi connectivity index (χ0v) is 16.5. The Morgan fingerprint density at radius 2 is 1.74 bits per heavy atom. The minimum Gasteiger partial charge on any atom is -0.507 e. The molecule has 0 heterocycles. The summed E-state index contributed by atoms with van der Waals surface area (Å²) >= 11 is 0. The maximum Gasteiger partial charge on any atom is 0.255 e. The van der Waals surface area contributed by atoms with Crippen LogP contribution in [0.4, 0.5) is 0 Å². The number of carbonyl (C=O) groups excluding carboxylic acids is 1. The van der Waals surface area contributed by atoms with Gasteiger partial charge in [-0.25, -0.2) is 0 Å². The van der Waals surface area contributed by atoms with Crippen LogP contribution in [0.3, 0.4) is 0 Å². The molecule has 0 aliphatic carbocycles. The third-order valence-electron chi connectivity index (χ3n) is 4.33. The lowest BCUT2D eigenvalue weighted by molar-refractivity contribution is 0.0945. The van der Waals surface area contributed by atoms with Gasteiger partial charge in [0.05, 0.1) is 5.56 Å². The van der Waals surface area contributed by atoms with Gasteiger partial charge in [-0.15, -0.1) is 0 Å². The number of para-hydroxylation sites is 1. The van der Waals surface area contributed by atoms with Crippen molar-refractivity contribution < 1.29 is 19.6 Å². The standard InChI is InChI=1S/C20H27N2O4P/c1-15(14-23)12-16(22-27(2,26)17-8-4-3-5-9-17)13-21-20(25)18-10-6-7-11-19(18)24/h3-11,15-16,23-24H,12-14H2,1-2H3,(H,21,25)(H,22,26). The summed E-state index contributed by atoms with van der Waals surface area (Å²) < 4.78 is 13.1. The Hall–Kier alpha value is -2.14. The molecule has 3 atom stereocenters. The van der Waals surface area contributed by atoms with Gasteiger partial charge in [0.2, 0.25) is 0 Å². The summed E-state index contributed by atoms with van der Waals surface area (Å²) in [5.74, 6) is -0.504. The molecule has 0 saturated heterocycles. The van der Waals surface area contributed by atoms with Crippen LogP contribution in [-0.2, 0) is 4.57 Å². The number of aliphatic hydroxyl groups excluding tert-OH is 1. The third-order valence-corrected chi connectivity index (χ3v) is 6.48. The van der Waals surface area contributed by atoms with Gasteiger partial charge in [0, 0.05) is 31.2 Å². The van der Waals surface area contributed by atoms with Crippen LogP contribution < -0.4 is 15.7 Å². The summed E-state index contributed by atoms with van der Waals surface area (Å²) in [5.41, 5.74) is 0.189. The van der Waals surface area contributed by atoms with Gasteiger partial charge >= 0.3 is 0 Å². The molecule has 0 fully saturated rings. The fourth-order valence-electron chi connectivity index (χ4n) is 2.85. The smallest absolute Gasteiger partial charge is 0.255 e. The SMILES string of the molecule is CC(CO)CC(CNC(=O)c1ccccc1O)NP(C)(=O)c1ccccc1. The quantitative estimate of drug-likeness (QED) is 0.493. The number of nitrogens with one attached hydrogen (secondary N) is 2. The maximum atomic E-state index is 13.1. The summed E-state index contributed by atoms with van der Waals surface area (Å²) in [4.78, 5) is 12.3. The van der Waals surface area contributed by atoms with Crippen molar-refractivity contribution in [3.8, 4) is 5.75 Å². The number of phenols is 1. The first-order chi connectivity index (χ1) is 12.8. The van der Waals surface area contributed by atoms with Gasteiger partial charge < -0.3 is 20.1 Å². The van der Waals surface area contributed by atoms with E-state index in [1.54, 1.807) is 30.9 Å². The zero-order chi connectivity index (χ0) is 19.9. The van der Waals surface area contributed by atoms with Crippen molar-refractivity contribution in [1.29, 1.82) is 0 Å². The first-order valence-electron chi connectivity index (χ1n) is 8.91. The number of phenolic OH excluding ortho intramolecular Hbond substituents is 1. The minimum atomic E-state index is -2.84. The van der Waals surface area contributed by atoms with Crippen molar-refractivity contribution in [1.82, 2.24) is 10.4 Å². The molecule has 4 N–H and O–H groups in total. The highest BCUT2D eigenvalue weighted by atomic mass is 31.2. The molecule has 1 amide bonds. The molecule has 0 radical (unpaired) electrons. The van der Waals surface area contributed by atoms with E-state index in [-0.39, 0.29) is 36.4 Å². The minimum absolute atomic E-state index is 0.00491. The molecule has 0 saturated carbocycles. The van der Waals surface area contributed by atoms with Gasteiger partial charge in [-0.3, -0.25) is 9.88 Å². The van der Waals surface area contributed by atoms with Gasteiger partial charge in [0.25, 0.3) is 5.91 Å². The van der Waals surface area contributed by atoms with Crippen LogP contribution in [0.15, 0.2) is 54.6 Å². The molecule has 6 nitrogen and oxygen atoms in total. The predicted molar refractivity (Wildman–Crippen MR) is 108 cm³/mol. The highest BCUT2D eigenvalue weighted by Crippen LogP contribution is 2.36. The Bertz CT molecular complexity index is 798. The topological polar surface area (TPSA) is 98.7 Å². The highest BCUT2D eigenvalue weighted by Gasteiger charge is 2.24. The summed E-state index contributed by atoms with van der Waals surface area (Å²) in [6, 6.07) is 15.2. The molecule has 0 spiro atoms. The fourth-order valence-corrected chi connectivity index (χ4v) is 4.64. The van der Waals surface area contributed by atoms with E-state index in [0.29, 0.717) is 11.7 Å². The molecule has 3 unspecified atom stereocenters. The van der Waals surface area contributed by atoms with Gasteiger partial charge in [0.1, 0.15) is 5.75 Å². The number of amides is 1. The number of hydrogen-bond donors (Lipinski definition) is 4. The summed E-state index contributed by atoms with van der Waals surface area (Å²) in [7, 11) is -2.84. The summed E-state index contributed by atoms with van der Waals surface area (Å²) in [6.45, 7) is 3.78. The molecule has 2 aromatic carbocycles. The molecule has 27 heavy (non-hydrogen) atoms. The Morgan fingerprint density at radius 1 is 1.11 bits per heavy atom. The Labute approximate surface area is 160 Å². The molecule has 0 bridgehead atoms. The Balaban J connectivity index is 2.09. The van der Waals surface area contributed by atoms with Crippen LogP contribution >= 0.6 is 7.29 Å². The van der Waals surface area contributed by atoms with Crippen LogP contribution in [0, 0.1) is 5.92 Å². The third kappa shape index (κ3) is 6.21. The Morgan fingerprint density at radius 3 is 2.37 bits per heavy atom. The van der Waals surface area contributed by atoms with E-state index < -0.39 is 13.2 Å². The van der Waals surface area contributed by atoms with E-state index in [1.807, 2.05) is 25.1 Å². The van der Waals surface area contributed by atoms with Crippen molar-refractivity contribution >= 4 is 18.5 Å². The van der Waals surface area contributed by atoms with E-state index in [2.05, 4.69) is 10.4 Å². The maximum absolute atomic E-state index is 13.1. The first-order valence-corrected chi connectivity index (χ1v) is 11.1. The average Bonchev–Trinajstić information content (AvgIpc) is 2.66. The van der Waals surface area contributed by atoms with Crippen LogP contribution in [0.1, 0.15) is 23.7 Å². The van der Waals surface area contributed by atoms with Crippen LogP contribution in [0.25, 0.3) is 0 Å². The molecular formula is C20H27N2O4P. The van der Waals surface area contributed by atoms with Crippen LogP contribution in [0.5, 0.6) is 5.75 Å². The number of aromatic hydroxyl groups is 1. The molecule has 2 aromatic rings. The number of carbonyl (C=O) groups is 1. The lowest BCUT2D eigenvalue weighted by Gasteiger charge is -2.26. The van der Waals surface area contributed by atoms with Crippen molar-refractivity contribution in [3.05, 3.63) is 60.2 Å². The van der Waals surface area contributed by atoms with E-state index in [1.165, 1.54) is 12.1 Å². The van der Waals surface area contributed by atoms with Gasteiger partial charge in [-0.05, 0) is 24.5 Å². The van der Waals surface area contributed by atoms with E-state index in [9.17, 15) is 19.6 Å². The zero-order valence-electron chi connectivity index (χ0n) is 15.6. The van der Waals surface area contributed by atoms with Crippen LogP contribution in [-0.4, -0.2) is 42.0 Å². The predicted octanol–water partition coefficient (Wildman–Crippen LogP) is 2.33. The monoisotopic (exact) mass is 390 g/mol. The summed E-state index contributed by atoms with van der Waals surface area (Å²) in [5, 5.41) is 25.8. The largest absolute Gasteiger partial charge is 0.507 e. The number of benzene rings is 2. The second-order valence-corrected chi connectivity index (χ2v) is 9.46. The second-order valence-electron chi connectivity index (χ2n) is 6.84. The van der Waals surface area contributed by atoms with E-state index in [4.69, 9.17) is 0 Å². The summed E-state index contributed by atoms with van der Waals surface area (Å²) in [6.07, 6.45) is 0.544. The van der Waals surface area contributed by atoms with Gasteiger partial charge in [-0.1, -0.05) is 49.4 Å². The molecular weight excluding hydrogens is 363 g/mol. The van der Waals surface area contributed by atoms with Crippen molar-refractivity contribution in [2.75, 3.05) is 19.8 Å². The highest BCUT2D eigenvalue weighted by molar-refractivity contribution is 7.69. The number of rotatable bonds is 9. The lowest BCUT2D eigenvalue weighted by Crippen LogP contribution is -2.42. The molecule has 0 aliphatic rings. The fraction of sp³-hybridized carbons (Fsp3) is 0.350. The number of hydrogen-bond acceptors (Lipinski definition) is 4. The molecule has 2 rings (SSSR count). The van der Waals surface area contributed by atoms with Gasteiger partial charge in [0.15, 0.2) is 7.29 Å². The van der Waals surface area contributed by atoms with E-state index in [0.717, 1.165) is 0 Å². The normalized spacial score (nSPS) is 15.5. The lowest BCUT2D eigenvalue weighted by atomic mass is 10.0.